The van der Waals surface area contributed by atoms with Crippen LogP contribution in [0.4, 0.5) is 35.2 Å². The standard InChI is InChI=1S/C23H33ClN6O2.C17H21Cl2N5O.C6H13NO/c1-30-13-7-10-18(30)15-32-23-28-21(25-16-8-5-3-4-6-9-16)27-22(29-23)26-17-11-12-20(31-2)19(24)14-17;1-25-14-9-8-12(10-13(14)18)21-17-23-15(19)22-16(24-17)20-11-6-4-2-3-5-7-11;1-7-4-2-3-6(7)5-8/h11-12,14,16,18H,3-10,13,15H2,1-2H3,(H2,25,26,27,28,29);8-11H,2-7H2,1H3,(H2,20,21,22,23,24);6,8H,2-5H2,1H3. The van der Waals surface area contributed by atoms with Gasteiger partial charge in [-0.1, -0.05) is 74.6 Å². The summed E-state index contributed by atoms with van der Waals surface area (Å²) < 4.78 is 16.4. The van der Waals surface area contributed by atoms with Crippen LogP contribution in [0, 0.1) is 0 Å². The number of aromatic nitrogens is 6. The van der Waals surface area contributed by atoms with Crippen LogP contribution in [0.25, 0.3) is 0 Å². The average molecular weight is 958 g/mol. The molecule has 2 aliphatic heterocycles. The SMILES string of the molecule is CN1CCCC1CO.COc1ccc(Nc2nc(Cl)nc(NC3CCCCCC3)n2)cc1Cl.COc1ccc(Nc2nc(NC3CCCCCC3)nc(OCC3CCCN3C)n2)cc1Cl. The van der Waals surface area contributed by atoms with Gasteiger partial charge in [-0.15, -0.1) is 0 Å². The number of benzene rings is 2. The molecule has 2 aromatic heterocycles. The highest BCUT2D eigenvalue weighted by molar-refractivity contribution is 6.32. The molecule has 19 heteroatoms. The fourth-order valence-corrected chi connectivity index (χ4v) is 9.22. The van der Waals surface area contributed by atoms with Crippen molar-refractivity contribution >= 4 is 70.0 Å². The van der Waals surface area contributed by atoms with Crippen LogP contribution in [0.15, 0.2) is 36.4 Å². The lowest BCUT2D eigenvalue weighted by atomic mass is 10.1. The number of methoxy groups -OCH3 is 2. The van der Waals surface area contributed by atoms with Gasteiger partial charge in [0.05, 0.1) is 30.9 Å². The molecule has 356 valence electrons. The zero-order chi connectivity index (χ0) is 46.0. The van der Waals surface area contributed by atoms with Gasteiger partial charge in [-0.05, 0) is 127 Å². The first kappa shape index (κ1) is 50.2. The molecular weight excluding hydrogens is 891 g/mol. The van der Waals surface area contributed by atoms with Crippen LogP contribution in [-0.2, 0) is 0 Å². The Morgan fingerprint density at radius 2 is 1.02 bits per heavy atom. The Hall–Kier alpha value is -4.19. The Kier molecular flexibility index (Phi) is 20.3. The molecule has 5 N–H and O–H groups in total. The number of halogens is 3. The highest BCUT2D eigenvalue weighted by atomic mass is 35.5. The Labute approximate surface area is 399 Å². The summed E-state index contributed by atoms with van der Waals surface area (Å²) in [6, 6.07) is 12.8. The summed E-state index contributed by atoms with van der Waals surface area (Å²) in [5.74, 6) is 3.06. The van der Waals surface area contributed by atoms with Crippen LogP contribution < -0.4 is 35.5 Å². The third-order valence-electron chi connectivity index (χ3n) is 12.4. The van der Waals surface area contributed by atoms with Crippen molar-refractivity contribution in [2.75, 3.05) is 75.9 Å². The van der Waals surface area contributed by atoms with E-state index in [0.717, 1.165) is 56.6 Å². The number of anilines is 6. The van der Waals surface area contributed by atoms with Crippen molar-refractivity contribution in [1.82, 2.24) is 39.7 Å². The molecule has 2 saturated heterocycles. The maximum atomic E-state index is 8.69. The number of hydrogen-bond donors (Lipinski definition) is 5. The van der Waals surface area contributed by atoms with Gasteiger partial charge in [-0.25, -0.2) is 0 Å². The van der Waals surface area contributed by atoms with E-state index in [1.54, 1.807) is 32.4 Å². The predicted octanol–water partition coefficient (Wildman–Crippen LogP) is 10.0. The zero-order valence-corrected chi connectivity index (χ0v) is 40.6. The molecule has 8 rings (SSSR count). The largest absolute Gasteiger partial charge is 0.495 e. The van der Waals surface area contributed by atoms with Crippen LogP contribution in [0.3, 0.4) is 0 Å². The van der Waals surface area contributed by atoms with Gasteiger partial charge < -0.3 is 50.4 Å². The minimum Gasteiger partial charge on any atom is -0.495 e. The van der Waals surface area contributed by atoms with Gasteiger partial charge >= 0.3 is 6.01 Å². The molecule has 0 spiro atoms. The van der Waals surface area contributed by atoms with Crippen molar-refractivity contribution in [2.45, 2.75) is 127 Å². The van der Waals surface area contributed by atoms with E-state index in [1.807, 2.05) is 18.2 Å². The maximum Gasteiger partial charge on any atom is 0.323 e. The molecular formula is C46H67Cl3N12O4. The number of nitrogens with zero attached hydrogens (tertiary/aromatic N) is 8. The molecule has 2 atom stereocenters. The van der Waals surface area contributed by atoms with Crippen LogP contribution >= 0.6 is 34.8 Å². The van der Waals surface area contributed by atoms with Crippen LogP contribution in [-0.4, -0.2) is 124 Å². The smallest absolute Gasteiger partial charge is 0.323 e. The summed E-state index contributed by atoms with van der Waals surface area (Å²) in [4.78, 5) is 31.0. The van der Waals surface area contributed by atoms with Crippen molar-refractivity contribution in [1.29, 1.82) is 0 Å². The molecule has 0 radical (unpaired) electrons. The van der Waals surface area contributed by atoms with Gasteiger partial charge in [-0.3, -0.25) is 0 Å². The molecule has 4 fully saturated rings. The van der Waals surface area contributed by atoms with Crippen molar-refractivity contribution in [2.24, 2.45) is 0 Å². The van der Waals surface area contributed by atoms with Crippen molar-refractivity contribution in [3.8, 4) is 17.5 Å². The number of likely N-dealkylation sites (tertiary alicyclic amines) is 2. The summed E-state index contributed by atoms with van der Waals surface area (Å²) in [5.41, 5.74) is 1.51. The molecule has 2 unspecified atom stereocenters. The Balaban J connectivity index is 0.000000188. The molecule has 2 aliphatic carbocycles. The number of hydrogen-bond acceptors (Lipinski definition) is 16. The second-order valence-corrected chi connectivity index (χ2v) is 18.3. The monoisotopic (exact) mass is 956 g/mol. The Morgan fingerprint density at radius 3 is 1.45 bits per heavy atom. The molecule has 65 heavy (non-hydrogen) atoms. The Morgan fingerprint density at radius 1 is 0.569 bits per heavy atom. The Bertz CT molecular complexity index is 2060. The second-order valence-electron chi connectivity index (χ2n) is 17.2. The van der Waals surface area contributed by atoms with E-state index in [0.29, 0.717) is 88.7 Å². The van der Waals surface area contributed by atoms with E-state index in [-0.39, 0.29) is 5.28 Å². The average Bonchev–Trinajstić information content (AvgIpc) is 3.68. The first-order valence-electron chi connectivity index (χ1n) is 23.1. The number of nitrogens with one attached hydrogen (secondary N) is 4. The number of aliphatic hydroxyl groups is 1. The summed E-state index contributed by atoms with van der Waals surface area (Å²) in [7, 11) is 7.37. The quantitative estimate of drug-likeness (QED) is 0.0753. The van der Waals surface area contributed by atoms with Crippen molar-refractivity contribution in [3.63, 3.8) is 0 Å². The van der Waals surface area contributed by atoms with Gasteiger partial charge in [0.1, 0.15) is 18.1 Å². The van der Waals surface area contributed by atoms with E-state index < -0.39 is 0 Å². The van der Waals surface area contributed by atoms with Gasteiger partial charge in [0.2, 0.25) is 29.1 Å². The van der Waals surface area contributed by atoms with E-state index in [9.17, 15) is 0 Å². The highest BCUT2D eigenvalue weighted by Gasteiger charge is 2.23. The number of aliphatic hydroxyl groups excluding tert-OH is 1. The molecule has 2 saturated carbocycles. The third kappa shape index (κ3) is 16.3. The normalized spacial score (nSPS) is 19.7. The van der Waals surface area contributed by atoms with Crippen LogP contribution in [0.1, 0.15) is 103 Å². The minimum atomic E-state index is 0.147. The number of rotatable bonds is 14. The van der Waals surface area contributed by atoms with Crippen LogP contribution in [0.2, 0.25) is 15.3 Å². The minimum absolute atomic E-state index is 0.147. The lowest BCUT2D eigenvalue weighted by Gasteiger charge is -2.20. The van der Waals surface area contributed by atoms with E-state index >= 15 is 0 Å². The summed E-state index contributed by atoms with van der Waals surface area (Å²) in [6.45, 7) is 3.16. The molecule has 0 amide bonds. The molecule has 16 nitrogen and oxygen atoms in total. The lowest BCUT2D eigenvalue weighted by molar-refractivity contribution is 0.182. The first-order valence-corrected chi connectivity index (χ1v) is 24.3. The van der Waals surface area contributed by atoms with Gasteiger partial charge in [0.15, 0.2) is 0 Å². The van der Waals surface area contributed by atoms with E-state index in [1.165, 1.54) is 70.6 Å². The fourth-order valence-electron chi connectivity index (χ4n) is 8.54. The first-order chi connectivity index (χ1) is 31.6. The van der Waals surface area contributed by atoms with Crippen LogP contribution in [0.5, 0.6) is 17.5 Å². The summed E-state index contributed by atoms with van der Waals surface area (Å²) in [6.07, 6.45) is 19.4. The fraction of sp³-hybridized carbons (Fsp3) is 0.609. The second kappa shape index (κ2) is 26.2. The molecule has 4 heterocycles. The predicted molar refractivity (Wildman–Crippen MR) is 261 cm³/mol. The van der Waals surface area contributed by atoms with Crippen molar-refractivity contribution < 1.29 is 19.3 Å². The van der Waals surface area contributed by atoms with Gasteiger partial charge in [-0.2, -0.15) is 29.9 Å². The maximum absolute atomic E-state index is 8.69. The molecule has 4 aliphatic rings. The topological polar surface area (TPSA) is 180 Å². The molecule has 2 aromatic carbocycles. The third-order valence-corrected chi connectivity index (χ3v) is 13.1. The van der Waals surface area contributed by atoms with E-state index in [4.69, 9.17) is 54.1 Å². The van der Waals surface area contributed by atoms with Gasteiger partial charge in [0, 0.05) is 35.5 Å². The van der Waals surface area contributed by atoms with Crippen molar-refractivity contribution in [3.05, 3.63) is 51.7 Å². The number of likely N-dealkylation sites (N-methyl/N-ethyl adjacent to an activating group) is 2. The zero-order valence-electron chi connectivity index (χ0n) is 38.3. The molecule has 4 aromatic rings. The summed E-state index contributed by atoms with van der Waals surface area (Å²) >= 11 is 18.5. The highest BCUT2D eigenvalue weighted by Crippen LogP contribution is 2.31. The van der Waals surface area contributed by atoms with Gasteiger partial charge in [0.25, 0.3) is 0 Å². The number of ether oxygens (including phenoxy) is 3. The summed E-state index contributed by atoms with van der Waals surface area (Å²) in [5, 5.41) is 23.1. The molecule has 0 bridgehead atoms. The lowest BCUT2D eigenvalue weighted by Crippen LogP contribution is -2.31. The van der Waals surface area contributed by atoms with E-state index in [2.05, 4.69) is 75.1 Å².